The Bertz CT molecular complexity index is 504. The van der Waals surface area contributed by atoms with E-state index in [1.165, 1.54) is 12.8 Å². The van der Waals surface area contributed by atoms with E-state index in [2.05, 4.69) is 4.72 Å². The molecular formula is C15H23NO3S. The standard InChI is InChI=1S/C15H23NO3S/c1-2-3-12-20(17,18)16-13-8-10-15(11-9-13)19-14-6-4-5-7-14/h8-11,14,16H,2-7,12H2,1H3. The average molecular weight is 297 g/mol. The van der Waals surface area contributed by atoms with Crippen molar-refractivity contribution in [2.24, 2.45) is 0 Å². The first-order valence-corrected chi connectivity index (χ1v) is 9.01. The third kappa shape index (κ3) is 4.71. The molecule has 1 N–H and O–H groups in total. The Morgan fingerprint density at radius 3 is 2.45 bits per heavy atom. The van der Waals surface area contributed by atoms with Gasteiger partial charge in [-0.15, -0.1) is 0 Å². The fraction of sp³-hybridized carbons (Fsp3) is 0.600. The van der Waals surface area contributed by atoms with Gasteiger partial charge in [0.25, 0.3) is 0 Å². The van der Waals surface area contributed by atoms with E-state index in [0.717, 1.165) is 25.0 Å². The highest BCUT2D eigenvalue weighted by Gasteiger charge is 2.16. The molecule has 0 saturated heterocycles. The molecule has 20 heavy (non-hydrogen) atoms. The molecule has 1 aromatic carbocycles. The van der Waals surface area contributed by atoms with Crippen molar-refractivity contribution in [2.45, 2.75) is 51.6 Å². The summed E-state index contributed by atoms with van der Waals surface area (Å²) in [7, 11) is -3.22. The van der Waals surface area contributed by atoms with Crippen LogP contribution in [0.4, 0.5) is 5.69 Å². The summed E-state index contributed by atoms with van der Waals surface area (Å²) in [5.41, 5.74) is 0.597. The van der Waals surface area contributed by atoms with E-state index in [0.29, 0.717) is 18.2 Å². The molecule has 0 aliphatic heterocycles. The van der Waals surface area contributed by atoms with E-state index in [1.807, 2.05) is 19.1 Å². The molecule has 1 aliphatic carbocycles. The Hall–Kier alpha value is -1.23. The van der Waals surface area contributed by atoms with Gasteiger partial charge in [-0.1, -0.05) is 13.3 Å². The maximum Gasteiger partial charge on any atom is 0.232 e. The Balaban J connectivity index is 1.90. The molecule has 0 spiro atoms. The first-order valence-electron chi connectivity index (χ1n) is 7.36. The van der Waals surface area contributed by atoms with Gasteiger partial charge in [0.15, 0.2) is 0 Å². The third-order valence-electron chi connectivity index (χ3n) is 3.50. The van der Waals surface area contributed by atoms with Gasteiger partial charge in [-0.05, 0) is 56.4 Å². The number of hydrogen-bond acceptors (Lipinski definition) is 3. The van der Waals surface area contributed by atoms with Gasteiger partial charge < -0.3 is 4.74 Å². The van der Waals surface area contributed by atoms with Crippen molar-refractivity contribution in [3.8, 4) is 5.75 Å². The van der Waals surface area contributed by atoms with E-state index in [9.17, 15) is 8.42 Å². The van der Waals surface area contributed by atoms with Gasteiger partial charge >= 0.3 is 0 Å². The second-order valence-corrected chi connectivity index (χ2v) is 7.17. The van der Waals surface area contributed by atoms with Crippen LogP contribution in [0.1, 0.15) is 45.4 Å². The number of ether oxygens (including phenoxy) is 1. The van der Waals surface area contributed by atoms with Crippen LogP contribution in [0.15, 0.2) is 24.3 Å². The predicted molar refractivity (Wildman–Crippen MR) is 81.6 cm³/mol. The lowest BCUT2D eigenvalue weighted by Gasteiger charge is -2.13. The minimum atomic E-state index is -3.22. The van der Waals surface area contributed by atoms with Crippen molar-refractivity contribution in [3.05, 3.63) is 24.3 Å². The second-order valence-electron chi connectivity index (χ2n) is 5.32. The van der Waals surface area contributed by atoms with Gasteiger partial charge in [-0.2, -0.15) is 0 Å². The largest absolute Gasteiger partial charge is 0.490 e. The molecule has 0 aromatic heterocycles. The molecule has 2 rings (SSSR count). The minimum Gasteiger partial charge on any atom is -0.490 e. The van der Waals surface area contributed by atoms with Crippen LogP contribution in [-0.2, 0) is 10.0 Å². The molecule has 1 aromatic rings. The second kappa shape index (κ2) is 6.97. The van der Waals surface area contributed by atoms with Gasteiger partial charge in [0, 0.05) is 5.69 Å². The van der Waals surface area contributed by atoms with E-state index in [-0.39, 0.29) is 5.75 Å². The maximum atomic E-state index is 11.8. The Kier molecular flexibility index (Phi) is 5.29. The summed E-state index contributed by atoms with van der Waals surface area (Å²) < 4.78 is 32.0. The quantitative estimate of drug-likeness (QED) is 0.837. The van der Waals surface area contributed by atoms with E-state index >= 15 is 0 Å². The van der Waals surface area contributed by atoms with Gasteiger partial charge in [-0.25, -0.2) is 8.42 Å². The van der Waals surface area contributed by atoms with Crippen molar-refractivity contribution in [1.29, 1.82) is 0 Å². The minimum absolute atomic E-state index is 0.170. The fourth-order valence-corrected chi connectivity index (χ4v) is 3.63. The van der Waals surface area contributed by atoms with Crippen LogP contribution in [0.2, 0.25) is 0 Å². The van der Waals surface area contributed by atoms with Gasteiger partial charge in [0.2, 0.25) is 10.0 Å². The van der Waals surface area contributed by atoms with Crippen LogP contribution < -0.4 is 9.46 Å². The fourth-order valence-electron chi connectivity index (χ4n) is 2.37. The predicted octanol–water partition coefficient (Wildman–Crippen LogP) is 3.55. The van der Waals surface area contributed by atoms with Crippen LogP contribution in [0.5, 0.6) is 5.75 Å². The molecule has 112 valence electrons. The molecule has 0 bridgehead atoms. The normalized spacial score (nSPS) is 16.2. The van der Waals surface area contributed by atoms with Crippen molar-refractivity contribution in [2.75, 3.05) is 10.5 Å². The summed E-state index contributed by atoms with van der Waals surface area (Å²) in [6, 6.07) is 7.17. The highest BCUT2D eigenvalue weighted by Crippen LogP contribution is 2.25. The molecule has 4 nitrogen and oxygen atoms in total. The van der Waals surface area contributed by atoms with Crippen LogP contribution >= 0.6 is 0 Å². The lowest BCUT2D eigenvalue weighted by Crippen LogP contribution is -2.16. The summed E-state index contributed by atoms with van der Waals surface area (Å²) in [4.78, 5) is 0. The van der Waals surface area contributed by atoms with Gasteiger partial charge in [-0.3, -0.25) is 4.72 Å². The monoisotopic (exact) mass is 297 g/mol. The number of unbranched alkanes of at least 4 members (excludes halogenated alkanes) is 1. The van der Waals surface area contributed by atoms with Gasteiger partial charge in [0.05, 0.1) is 11.9 Å². The zero-order chi connectivity index (χ0) is 14.4. The van der Waals surface area contributed by atoms with E-state index < -0.39 is 10.0 Å². The molecule has 0 amide bonds. The molecule has 0 radical (unpaired) electrons. The van der Waals surface area contributed by atoms with Crippen LogP contribution in [0.3, 0.4) is 0 Å². The molecule has 0 unspecified atom stereocenters. The molecule has 0 atom stereocenters. The van der Waals surface area contributed by atoms with Crippen molar-refractivity contribution in [1.82, 2.24) is 0 Å². The number of hydrogen-bond donors (Lipinski definition) is 1. The molecule has 1 fully saturated rings. The molecule has 1 aliphatic rings. The Morgan fingerprint density at radius 1 is 1.20 bits per heavy atom. The number of nitrogens with one attached hydrogen (secondary N) is 1. The van der Waals surface area contributed by atoms with Crippen molar-refractivity contribution in [3.63, 3.8) is 0 Å². The highest BCUT2D eigenvalue weighted by atomic mass is 32.2. The smallest absolute Gasteiger partial charge is 0.232 e. The summed E-state index contributed by atoms with van der Waals surface area (Å²) in [6.45, 7) is 1.98. The van der Waals surface area contributed by atoms with Gasteiger partial charge in [0.1, 0.15) is 5.75 Å². The lowest BCUT2D eigenvalue weighted by atomic mass is 10.3. The Labute approximate surface area is 121 Å². The number of anilines is 1. The average Bonchev–Trinajstić information content (AvgIpc) is 2.91. The molecular weight excluding hydrogens is 274 g/mol. The van der Waals surface area contributed by atoms with Crippen LogP contribution in [-0.4, -0.2) is 20.3 Å². The zero-order valence-corrected chi connectivity index (χ0v) is 12.8. The summed E-state index contributed by atoms with van der Waals surface area (Å²) in [6.07, 6.45) is 6.58. The summed E-state index contributed by atoms with van der Waals surface area (Å²) in [5.74, 6) is 0.984. The zero-order valence-electron chi connectivity index (χ0n) is 12.0. The van der Waals surface area contributed by atoms with Crippen LogP contribution in [0, 0.1) is 0 Å². The number of sulfonamides is 1. The third-order valence-corrected chi connectivity index (χ3v) is 4.87. The topological polar surface area (TPSA) is 55.4 Å². The Morgan fingerprint density at radius 2 is 1.85 bits per heavy atom. The SMILES string of the molecule is CCCCS(=O)(=O)Nc1ccc(OC2CCCC2)cc1. The molecule has 0 heterocycles. The lowest BCUT2D eigenvalue weighted by molar-refractivity contribution is 0.210. The summed E-state index contributed by atoms with van der Waals surface area (Å²) >= 11 is 0. The highest BCUT2D eigenvalue weighted by molar-refractivity contribution is 7.92. The van der Waals surface area contributed by atoms with Crippen molar-refractivity contribution < 1.29 is 13.2 Å². The maximum absolute atomic E-state index is 11.8. The first kappa shape index (κ1) is 15.2. The van der Waals surface area contributed by atoms with E-state index in [4.69, 9.17) is 4.74 Å². The summed E-state index contributed by atoms with van der Waals surface area (Å²) in [5, 5.41) is 0. The van der Waals surface area contributed by atoms with E-state index in [1.54, 1.807) is 12.1 Å². The number of rotatable bonds is 7. The number of benzene rings is 1. The van der Waals surface area contributed by atoms with Crippen molar-refractivity contribution >= 4 is 15.7 Å². The molecule has 5 heteroatoms. The molecule has 1 saturated carbocycles. The first-order chi connectivity index (χ1) is 9.59. The van der Waals surface area contributed by atoms with Crippen LogP contribution in [0.25, 0.3) is 0 Å².